The fraction of sp³-hybridized carbons (Fsp3) is 0.333. The Morgan fingerprint density at radius 2 is 2.14 bits per heavy atom. The molecule has 6 heteroatoms. The maximum Gasteiger partial charge on any atom is 0.237 e. The van der Waals surface area contributed by atoms with Gasteiger partial charge in [-0.1, -0.05) is 30.3 Å². The van der Waals surface area contributed by atoms with Gasteiger partial charge in [0.2, 0.25) is 5.91 Å². The predicted molar refractivity (Wildman–Crippen MR) is 87.9 cm³/mol. The molecular weight excluding hydrogens is 306 g/mol. The Morgan fingerprint density at radius 3 is 2.81 bits per heavy atom. The number of benzene rings is 1. The van der Waals surface area contributed by atoms with Gasteiger partial charge in [-0.2, -0.15) is 0 Å². The first-order valence-electron chi connectivity index (χ1n) is 6.84. The smallest absolute Gasteiger partial charge is 0.237 e. The van der Waals surface area contributed by atoms with E-state index in [0.29, 0.717) is 5.02 Å². The summed E-state index contributed by atoms with van der Waals surface area (Å²) in [5, 5.41) is 4.17. The molecule has 1 atom stereocenters. The van der Waals surface area contributed by atoms with Crippen LogP contribution in [0.4, 0.5) is 5.69 Å². The molecule has 112 valence electrons. The predicted octanol–water partition coefficient (Wildman–Crippen LogP) is 4.07. The Bertz CT molecular complexity index is 597. The first kappa shape index (κ1) is 15.9. The van der Waals surface area contributed by atoms with E-state index in [1.54, 1.807) is 30.5 Å². The first-order chi connectivity index (χ1) is 10.1. The number of imidazole rings is 1. The number of hydrogen-bond donors (Lipinski definition) is 1. The van der Waals surface area contributed by atoms with Gasteiger partial charge in [-0.25, -0.2) is 4.98 Å². The molecule has 1 aromatic heterocycles. The normalized spacial score (nSPS) is 12.1. The second-order valence-electron chi connectivity index (χ2n) is 4.66. The van der Waals surface area contributed by atoms with Crippen molar-refractivity contribution in [2.45, 2.75) is 37.2 Å². The van der Waals surface area contributed by atoms with E-state index in [-0.39, 0.29) is 11.2 Å². The highest BCUT2D eigenvalue weighted by Gasteiger charge is 2.17. The fourth-order valence-electron chi connectivity index (χ4n) is 1.81. The molecule has 1 unspecified atom stereocenters. The molecule has 0 aliphatic carbocycles. The number of amides is 1. The van der Waals surface area contributed by atoms with Gasteiger partial charge < -0.3 is 9.88 Å². The van der Waals surface area contributed by atoms with Crippen molar-refractivity contribution in [3.05, 3.63) is 41.7 Å². The molecule has 2 rings (SSSR count). The van der Waals surface area contributed by atoms with Gasteiger partial charge in [-0.05, 0) is 37.6 Å². The zero-order valence-corrected chi connectivity index (χ0v) is 13.6. The highest BCUT2D eigenvalue weighted by atomic mass is 35.5. The average Bonchev–Trinajstić information content (AvgIpc) is 2.89. The molecule has 4 nitrogen and oxygen atoms in total. The van der Waals surface area contributed by atoms with Gasteiger partial charge in [0, 0.05) is 29.6 Å². The molecule has 0 saturated carbocycles. The minimum atomic E-state index is -0.223. The minimum absolute atomic E-state index is 0.0478. The average molecular weight is 324 g/mol. The second-order valence-corrected chi connectivity index (χ2v) is 6.40. The van der Waals surface area contributed by atoms with Crippen LogP contribution in [0.1, 0.15) is 20.3 Å². The quantitative estimate of drug-likeness (QED) is 0.815. The van der Waals surface area contributed by atoms with E-state index in [4.69, 9.17) is 11.6 Å². The molecular formula is C15H18ClN3OS. The summed E-state index contributed by atoms with van der Waals surface area (Å²) in [5.74, 6) is -0.0478. The van der Waals surface area contributed by atoms with Crippen molar-refractivity contribution < 1.29 is 4.79 Å². The van der Waals surface area contributed by atoms with Gasteiger partial charge in [0.25, 0.3) is 0 Å². The number of thioether (sulfide) groups is 1. The molecule has 1 amide bonds. The number of hydrogen-bond acceptors (Lipinski definition) is 3. The van der Waals surface area contributed by atoms with Gasteiger partial charge in [-0.15, -0.1) is 0 Å². The third-order valence-electron chi connectivity index (χ3n) is 2.90. The van der Waals surface area contributed by atoms with Crippen molar-refractivity contribution in [2.75, 3.05) is 5.32 Å². The Morgan fingerprint density at radius 1 is 1.43 bits per heavy atom. The topological polar surface area (TPSA) is 46.9 Å². The molecule has 0 fully saturated rings. The minimum Gasteiger partial charge on any atom is -0.326 e. The summed E-state index contributed by atoms with van der Waals surface area (Å²) in [7, 11) is 0. The fourth-order valence-corrected chi connectivity index (χ4v) is 2.83. The molecule has 1 aromatic carbocycles. The molecule has 2 aromatic rings. The van der Waals surface area contributed by atoms with Crippen LogP contribution in [0.3, 0.4) is 0 Å². The number of anilines is 1. The summed E-state index contributed by atoms with van der Waals surface area (Å²) < 4.78 is 2.07. The molecule has 1 heterocycles. The molecule has 0 radical (unpaired) electrons. The highest BCUT2D eigenvalue weighted by molar-refractivity contribution is 8.00. The summed E-state index contributed by atoms with van der Waals surface area (Å²) in [6.07, 6.45) is 4.74. The van der Waals surface area contributed by atoms with Crippen LogP contribution < -0.4 is 5.32 Å². The number of aryl methyl sites for hydroxylation is 1. The number of rotatable bonds is 6. The summed E-state index contributed by atoms with van der Waals surface area (Å²) >= 11 is 7.29. The van der Waals surface area contributed by atoms with E-state index in [1.165, 1.54) is 11.8 Å². The van der Waals surface area contributed by atoms with Crippen molar-refractivity contribution in [1.82, 2.24) is 9.55 Å². The lowest BCUT2D eigenvalue weighted by Gasteiger charge is -2.12. The molecule has 1 N–H and O–H groups in total. The molecule has 0 aliphatic rings. The van der Waals surface area contributed by atoms with Crippen LogP contribution in [-0.2, 0) is 11.3 Å². The maximum absolute atomic E-state index is 12.2. The zero-order chi connectivity index (χ0) is 15.2. The van der Waals surface area contributed by atoms with Crippen LogP contribution in [0, 0.1) is 0 Å². The van der Waals surface area contributed by atoms with Crippen LogP contribution in [0.2, 0.25) is 5.02 Å². The number of aromatic nitrogens is 2. The van der Waals surface area contributed by atoms with Crippen LogP contribution in [-0.4, -0.2) is 20.7 Å². The molecule has 0 aliphatic heterocycles. The van der Waals surface area contributed by atoms with Crippen molar-refractivity contribution in [2.24, 2.45) is 0 Å². The van der Waals surface area contributed by atoms with E-state index >= 15 is 0 Å². The molecule has 21 heavy (non-hydrogen) atoms. The second kappa shape index (κ2) is 7.52. The lowest BCUT2D eigenvalue weighted by Crippen LogP contribution is -2.22. The van der Waals surface area contributed by atoms with Crippen molar-refractivity contribution >= 4 is 35.0 Å². The Hall–Kier alpha value is -1.46. The van der Waals surface area contributed by atoms with E-state index in [9.17, 15) is 4.79 Å². The standard InChI is InChI=1S/C15H18ClN3OS/c1-3-9-19-10-8-17-15(19)21-11(2)14(20)18-13-6-4-12(16)5-7-13/h4-8,10-11H,3,9H2,1-2H3,(H,18,20). The van der Waals surface area contributed by atoms with Crippen LogP contribution >= 0.6 is 23.4 Å². The third-order valence-corrected chi connectivity index (χ3v) is 4.28. The maximum atomic E-state index is 12.2. The van der Waals surface area contributed by atoms with Crippen molar-refractivity contribution in [3.63, 3.8) is 0 Å². The van der Waals surface area contributed by atoms with Crippen LogP contribution in [0.15, 0.2) is 41.8 Å². The largest absolute Gasteiger partial charge is 0.326 e. The SMILES string of the molecule is CCCn1ccnc1SC(C)C(=O)Nc1ccc(Cl)cc1. The number of halogens is 1. The lowest BCUT2D eigenvalue weighted by atomic mass is 10.3. The van der Waals surface area contributed by atoms with E-state index in [0.717, 1.165) is 23.8 Å². The zero-order valence-electron chi connectivity index (χ0n) is 12.0. The van der Waals surface area contributed by atoms with Gasteiger partial charge in [0.15, 0.2) is 5.16 Å². The van der Waals surface area contributed by atoms with Crippen LogP contribution in [0.25, 0.3) is 0 Å². The van der Waals surface area contributed by atoms with Crippen molar-refractivity contribution in [1.29, 1.82) is 0 Å². The first-order valence-corrected chi connectivity index (χ1v) is 8.10. The summed E-state index contributed by atoms with van der Waals surface area (Å²) in [6, 6.07) is 7.08. The highest BCUT2D eigenvalue weighted by Crippen LogP contribution is 2.23. The van der Waals surface area contributed by atoms with E-state index in [1.807, 2.05) is 13.1 Å². The van der Waals surface area contributed by atoms with Gasteiger partial charge >= 0.3 is 0 Å². The Kier molecular flexibility index (Phi) is 5.70. The van der Waals surface area contributed by atoms with Gasteiger partial charge in [-0.3, -0.25) is 4.79 Å². The van der Waals surface area contributed by atoms with E-state index in [2.05, 4.69) is 21.8 Å². The monoisotopic (exact) mass is 323 g/mol. The van der Waals surface area contributed by atoms with Gasteiger partial charge in [0.1, 0.15) is 0 Å². The number of carbonyl (C=O) groups is 1. The summed E-state index contributed by atoms with van der Waals surface area (Å²) in [5.41, 5.74) is 0.744. The summed E-state index contributed by atoms with van der Waals surface area (Å²) in [4.78, 5) is 16.5. The Labute approximate surface area is 133 Å². The lowest BCUT2D eigenvalue weighted by molar-refractivity contribution is -0.115. The third kappa shape index (κ3) is 4.51. The molecule has 0 bridgehead atoms. The number of nitrogens with zero attached hydrogens (tertiary/aromatic N) is 2. The Balaban J connectivity index is 1.96. The van der Waals surface area contributed by atoms with E-state index < -0.39 is 0 Å². The summed E-state index contributed by atoms with van der Waals surface area (Å²) in [6.45, 7) is 4.90. The number of nitrogens with one attached hydrogen (secondary N) is 1. The van der Waals surface area contributed by atoms with Gasteiger partial charge in [0.05, 0.1) is 5.25 Å². The molecule has 0 spiro atoms. The molecule has 0 saturated heterocycles. The van der Waals surface area contributed by atoms with Crippen molar-refractivity contribution in [3.8, 4) is 0 Å². The number of carbonyl (C=O) groups excluding carboxylic acids is 1. The van der Waals surface area contributed by atoms with Crippen LogP contribution in [0.5, 0.6) is 0 Å².